The van der Waals surface area contributed by atoms with Crippen LogP contribution in [0.5, 0.6) is 0 Å². The van der Waals surface area contributed by atoms with E-state index in [2.05, 4.69) is 55.5 Å². The molecule has 0 bridgehead atoms. The van der Waals surface area contributed by atoms with Gasteiger partial charge in [-0.15, -0.1) is 0 Å². The van der Waals surface area contributed by atoms with Crippen molar-refractivity contribution in [3.8, 4) is 11.3 Å². The van der Waals surface area contributed by atoms with Gasteiger partial charge in [-0.1, -0.05) is 12.1 Å². The van der Waals surface area contributed by atoms with Gasteiger partial charge in [0.15, 0.2) is 0 Å². The van der Waals surface area contributed by atoms with Gasteiger partial charge in [-0.2, -0.15) is 5.10 Å². The summed E-state index contributed by atoms with van der Waals surface area (Å²) in [6.07, 6.45) is 5.44. The van der Waals surface area contributed by atoms with Crippen LogP contribution in [0.25, 0.3) is 11.3 Å². The van der Waals surface area contributed by atoms with E-state index < -0.39 is 0 Å². The van der Waals surface area contributed by atoms with E-state index in [1.165, 1.54) is 5.56 Å². The number of anilines is 1. The maximum atomic E-state index is 4.15. The number of rotatable bonds is 4. The van der Waals surface area contributed by atoms with Crippen LogP contribution in [0.1, 0.15) is 11.1 Å². The quantitative estimate of drug-likeness (QED) is 0.748. The Labute approximate surface area is 131 Å². The van der Waals surface area contributed by atoms with E-state index in [-0.39, 0.29) is 0 Å². The standard InChI is InChI=1S/C16H15BrN4/c1-11-4-2-6-14(15(11)17)19-9-13-10-20-21-16(13)12-5-3-7-18-8-12/h2-8,10,19H,9H2,1H3,(H,20,21). The third-order valence-corrected chi connectivity index (χ3v) is 4.38. The Morgan fingerprint density at radius 2 is 2.10 bits per heavy atom. The maximum Gasteiger partial charge on any atom is 0.0715 e. The molecule has 3 aromatic rings. The molecule has 0 aliphatic carbocycles. The van der Waals surface area contributed by atoms with Crippen LogP contribution >= 0.6 is 15.9 Å². The van der Waals surface area contributed by atoms with Crippen LogP contribution in [0.4, 0.5) is 5.69 Å². The summed E-state index contributed by atoms with van der Waals surface area (Å²) in [6.45, 7) is 2.77. The molecule has 0 amide bonds. The molecule has 2 heterocycles. The van der Waals surface area contributed by atoms with Gasteiger partial charge in [-0.3, -0.25) is 10.1 Å². The summed E-state index contributed by atoms with van der Waals surface area (Å²) in [6, 6.07) is 10.1. The Kier molecular flexibility index (Phi) is 4.01. The average Bonchev–Trinajstić information content (AvgIpc) is 2.98. The Morgan fingerprint density at radius 1 is 1.19 bits per heavy atom. The number of halogens is 1. The zero-order valence-corrected chi connectivity index (χ0v) is 13.2. The lowest BCUT2D eigenvalue weighted by Gasteiger charge is -2.10. The van der Waals surface area contributed by atoms with Gasteiger partial charge in [0.25, 0.3) is 0 Å². The molecule has 0 radical (unpaired) electrons. The van der Waals surface area contributed by atoms with Gasteiger partial charge in [0, 0.05) is 40.2 Å². The predicted molar refractivity (Wildman–Crippen MR) is 88.0 cm³/mol. The van der Waals surface area contributed by atoms with Gasteiger partial charge in [0.05, 0.1) is 11.9 Å². The first-order valence-electron chi connectivity index (χ1n) is 6.67. The molecule has 106 valence electrons. The van der Waals surface area contributed by atoms with Gasteiger partial charge in [0.1, 0.15) is 0 Å². The van der Waals surface area contributed by atoms with E-state index in [9.17, 15) is 0 Å². The van der Waals surface area contributed by atoms with Gasteiger partial charge < -0.3 is 5.32 Å². The summed E-state index contributed by atoms with van der Waals surface area (Å²) in [7, 11) is 0. The van der Waals surface area contributed by atoms with Crippen LogP contribution < -0.4 is 5.32 Å². The number of benzene rings is 1. The molecule has 4 nitrogen and oxygen atoms in total. The van der Waals surface area contributed by atoms with E-state index in [4.69, 9.17) is 0 Å². The lowest BCUT2D eigenvalue weighted by molar-refractivity contribution is 1.09. The Bertz CT molecular complexity index is 737. The number of H-pyrrole nitrogens is 1. The molecular formula is C16H15BrN4. The van der Waals surface area contributed by atoms with Crippen LogP contribution in [0.15, 0.2) is 53.4 Å². The van der Waals surface area contributed by atoms with Crippen molar-refractivity contribution in [1.82, 2.24) is 15.2 Å². The SMILES string of the molecule is Cc1cccc(NCc2cn[nH]c2-c2cccnc2)c1Br. The first-order chi connectivity index (χ1) is 10.3. The number of aromatic nitrogens is 3. The molecule has 2 aromatic heterocycles. The fourth-order valence-electron chi connectivity index (χ4n) is 2.18. The monoisotopic (exact) mass is 342 g/mol. The van der Waals surface area contributed by atoms with Crippen molar-refractivity contribution in [2.45, 2.75) is 13.5 Å². The summed E-state index contributed by atoms with van der Waals surface area (Å²) >= 11 is 3.61. The molecule has 0 saturated heterocycles. The van der Waals surface area contributed by atoms with Gasteiger partial charge in [-0.25, -0.2) is 0 Å². The third kappa shape index (κ3) is 2.97. The number of aryl methyl sites for hydroxylation is 1. The number of pyridine rings is 1. The summed E-state index contributed by atoms with van der Waals surface area (Å²) < 4.78 is 1.09. The molecule has 0 aliphatic rings. The van der Waals surface area contributed by atoms with Crippen molar-refractivity contribution >= 4 is 21.6 Å². The molecule has 0 saturated carbocycles. The van der Waals surface area contributed by atoms with E-state index >= 15 is 0 Å². The largest absolute Gasteiger partial charge is 0.380 e. The summed E-state index contributed by atoms with van der Waals surface area (Å²) in [5.41, 5.74) is 5.43. The van der Waals surface area contributed by atoms with Crippen LogP contribution in [0.2, 0.25) is 0 Å². The Balaban J connectivity index is 1.81. The fourth-order valence-corrected chi connectivity index (χ4v) is 2.58. The fraction of sp³-hybridized carbons (Fsp3) is 0.125. The second-order valence-electron chi connectivity index (χ2n) is 4.80. The number of aromatic amines is 1. The molecule has 0 aliphatic heterocycles. The predicted octanol–water partition coefficient (Wildman–Crippen LogP) is 4.15. The van der Waals surface area contributed by atoms with E-state index in [0.717, 1.165) is 27.0 Å². The third-order valence-electron chi connectivity index (χ3n) is 3.33. The average molecular weight is 343 g/mol. The van der Waals surface area contributed by atoms with E-state index in [1.807, 2.05) is 30.6 Å². The lowest BCUT2D eigenvalue weighted by atomic mass is 10.1. The van der Waals surface area contributed by atoms with Crippen LogP contribution in [-0.2, 0) is 6.54 Å². The molecule has 1 aromatic carbocycles. The molecule has 0 fully saturated rings. The highest BCUT2D eigenvalue weighted by molar-refractivity contribution is 9.10. The zero-order valence-electron chi connectivity index (χ0n) is 11.6. The summed E-state index contributed by atoms with van der Waals surface area (Å²) in [5, 5.41) is 10.6. The molecule has 2 N–H and O–H groups in total. The molecule has 3 rings (SSSR count). The van der Waals surface area contributed by atoms with E-state index in [0.29, 0.717) is 6.54 Å². The van der Waals surface area contributed by atoms with Crippen LogP contribution in [-0.4, -0.2) is 15.2 Å². The summed E-state index contributed by atoms with van der Waals surface area (Å²) in [4.78, 5) is 4.15. The minimum absolute atomic E-state index is 0.697. The van der Waals surface area contributed by atoms with Crippen molar-refractivity contribution in [3.05, 3.63) is 64.5 Å². The van der Waals surface area contributed by atoms with Crippen molar-refractivity contribution in [2.24, 2.45) is 0 Å². The van der Waals surface area contributed by atoms with Gasteiger partial charge in [-0.05, 0) is 46.6 Å². The number of nitrogens with one attached hydrogen (secondary N) is 2. The van der Waals surface area contributed by atoms with Crippen molar-refractivity contribution in [3.63, 3.8) is 0 Å². The van der Waals surface area contributed by atoms with Gasteiger partial charge in [0.2, 0.25) is 0 Å². The molecule has 0 spiro atoms. The van der Waals surface area contributed by atoms with Crippen LogP contribution in [0.3, 0.4) is 0 Å². The molecule has 5 heteroatoms. The Morgan fingerprint density at radius 3 is 2.90 bits per heavy atom. The maximum absolute atomic E-state index is 4.15. The van der Waals surface area contributed by atoms with Crippen molar-refractivity contribution in [1.29, 1.82) is 0 Å². The normalized spacial score (nSPS) is 10.6. The highest BCUT2D eigenvalue weighted by Gasteiger charge is 2.08. The lowest BCUT2D eigenvalue weighted by Crippen LogP contribution is -2.01. The number of nitrogens with zero attached hydrogens (tertiary/aromatic N) is 2. The van der Waals surface area contributed by atoms with Crippen molar-refractivity contribution < 1.29 is 0 Å². The smallest absolute Gasteiger partial charge is 0.0715 e. The number of hydrogen-bond donors (Lipinski definition) is 2. The minimum atomic E-state index is 0.697. The van der Waals surface area contributed by atoms with E-state index in [1.54, 1.807) is 6.20 Å². The highest BCUT2D eigenvalue weighted by atomic mass is 79.9. The highest BCUT2D eigenvalue weighted by Crippen LogP contribution is 2.27. The van der Waals surface area contributed by atoms with Crippen LogP contribution in [0, 0.1) is 6.92 Å². The minimum Gasteiger partial charge on any atom is -0.380 e. The molecular weight excluding hydrogens is 328 g/mol. The molecule has 21 heavy (non-hydrogen) atoms. The molecule has 0 unspecified atom stereocenters. The molecule has 0 atom stereocenters. The zero-order chi connectivity index (χ0) is 14.7. The number of hydrogen-bond acceptors (Lipinski definition) is 3. The van der Waals surface area contributed by atoms with Crippen molar-refractivity contribution in [2.75, 3.05) is 5.32 Å². The Hall–Kier alpha value is -2.14. The first-order valence-corrected chi connectivity index (χ1v) is 7.46. The topological polar surface area (TPSA) is 53.6 Å². The second kappa shape index (κ2) is 6.10. The summed E-state index contributed by atoms with van der Waals surface area (Å²) in [5.74, 6) is 0. The van der Waals surface area contributed by atoms with Gasteiger partial charge >= 0.3 is 0 Å². The first kappa shape index (κ1) is 13.8. The second-order valence-corrected chi connectivity index (χ2v) is 5.59.